The maximum atomic E-state index is 9.30. The van der Waals surface area contributed by atoms with E-state index in [2.05, 4.69) is 0 Å². The topological polar surface area (TPSA) is 92.2 Å². The zero-order valence-corrected chi connectivity index (χ0v) is 15.0. The van der Waals surface area contributed by atoms with Gasteiger partial charge in [-0.25, -0.2) is 0 Å². The molecule has 0 aromatic heterocycles. The van der Waals surface area contributed by atoms with Crippen molar-refractivity contribution in [1.82, 2.24) is 0 Å². The summed E-state index contributed by atoms with van der Waals surface area (Å²) >= 11 is 0. The Hall–Kier alpha value is 0.463. The molecule has 0 N–H and O–H groups in total. The predicted molar refractivity (Wildman–Crippen MR) is 60.6 cm³/mol. The van der Waals surface area contributed by atoms with Crippen LogP contribution in [-0.4, -0.2) is 26.4 Å². The van der Waals surface area contributed by atoms with Crippen molar-refractivity contribution in [3.05, 3.63) is 0 Å². The van der Waals surface area contributed by atoms with Gasteiger partial charge in [0.15, 0.2) is 0 Å². The van der Waals surface area contributed by atoms with Gasteiger partial charge in [-0.3, -0.25) is 0 Å². The van der Waals surface area contributed by atoms with E-state index in [1.165, 1.54) is 0 Å². The first-order chi connectivity index (χ1) is 7.66. The normalized spacial score (nSPS) is 7.06. The molecule has 0 radical (unpaired) electrons. The summed E-state index contributed by atoms with van der Waals surface area (Å²) < 4.78 is 0. The smallest absolute Gasteiger partial charge is 0.854 e. The molecule has 17 heavy (non-hydrogen) atoms. The van der Waals surface area contributed by atoms with Crippen LogP contribution in [-0.2, 0) is 19.5 Å². The molecule has 0 aromatic carbocycles. The van der Waals surface area contributed by atoms with Gasteiger partial charge in [0.25, 0.3) is 0 Å². The summed E-state index contributed by atoms with van der Waals surface area (Å²) in [6.45, 7) is 7.75. The van der Waals surface area contributed by atoms with Crippen LogP contribution in [0.2, 0.25) is 0 Å². The van der Waals surface area contributed by atoms with Gasteiger partial charge >= 0.3 is 19.5 Å². The Morgan fingerprint density at radius 3 is 0.529 bits per heavy atom. The van der Waals surface area contributed by atoms with E-state index >= 15 is 0 Å². The number of hydrogen-bond acceptors (Lipinski definition) is 4. The van der Waals surface area contributed by atoms with E-state index in [4.69, 9.17) is 0 Å². The molecule has 0 unspecified atom stereocenters. The Labute approximate surface area is 120 Å². The van der Waals surface area contributed by atoms with Gasteiger partial charge in [-0.15, -0.1) is 26.4 Å². The third-order valence-corrected chi connectivity index (χ3v) is 0.816. The fourth-order valence-electron chi connectivity index (χ4n) is 0. The van der Waals surface area contributed by atoms with Gasteiger partial charge < -0.3 is 20.4 Å². The minimum absolute atomic E-state index is 0. The van der Waals surface area contributed by atoms with Gasteiger partial charge in [0, 0.05) is 0 Å². The molecular weight excluding hydrogens is 274 g/mol. The Morgan fingerprint density at radius 1 is 0.471 bits per heavy atom. The first-order valence-corrected chi connectivity index (χ1v) is 5.98. The standard InChI is InChI=1S/4C3H7O.Zn/c4*1-2-3-4;/h4*2-3H2,1H3;/q4*-1;+4. The summed E-state index contributed by atoms with van der Waals surface area (Å²) in [7, 11) is 0. The monoisotopic (exact) mass is 300 g/mol. The van der Waals surface area contributed by atoms with Crippen LogP contribution >= 0.6 is 0 Å². The Morgan fingerprint density at radius 2 is 0.529 bits per heavy atom. The second-order valence-electron chi connectivity index (χ2n) is 2.82. The van der Waals surface area contributed by atoms with Crippen LogP contribution < -0.4 is 20.4 Å². The van der Waals surface area contributed by atoms with Crippen LogP contribution in [0.15, 0.2) is 0 Å². The van der Waals surface area contributed by atoms with Gasteiger partial charge in [0.1, 0.15) is 0 Å². The van der Waals surface area contributed by atoms with Crippen LogP contribution in [0.3, 0.4) is 0 Å². The molecule has 4 nitrogen and oxygen atoms in total. The molecule has 0 aliphatic heterocycles. The van der Waals surface area contributed by atoms with E-state index in [-0.39, 0.29) is 45.9 Å². The van der Waals surface area contributed by atoms with Crippen LogP contribution in [0.25, 0.3) is 0 Å². The van der Waals surface area contributed by atoms with Crippen molar-refractivity contribution in [2.45, 2.75) is 53.4 Å². The van der Waals surface area contributed by atoms with Crippen LogP contribution in [0.4, 0.5) is 0 Å². The fraction of sp³-hybridized carbons (Fsp3) is 1.00. The van der Waals surface area contributed by atoms with Crippen LogP contribution in [0.5, 0.6) is 0 Å². The molecule has 0 aliphatic rings. The van der Waals surface area contributed by atoms with E-state index in [1.807, 2.05) is 27.7 Å². The van der Waals surface area contributed by atoms with Crippen molar-refractivity contribution >= 4 is 0 Å². The number of hydrogen-bond donors (Lipinski definition) is 0. The molecule has 0 rings (SSSR count). The van der Waals surface area contributed by atoms with Crippen LogP contribution in [0.1, 0.15) is 53.4 Å². The molecule has 5 heteroatoms. The average molecular weight is 302 g/mol. The van der Waals surface area contributed by atoms with E-state index < -0.39 is 0 Å². The van der Waals surface area contributed by atoms with Gasteiger partial charge in [-0.1, -0.05) is 53.4 Å². The third kappa shape index (κ3) is 173. The summed E-state index contributed by atoms with van der Waals surface area (Å²) in [5, 5.41) is 37.2. The Balaban J connectivity index is -0.0000000369. The fourth-order valence-corrected chi connectivity index (χ4v) is 0. The first-order valence-electron chi connectivity index (χ1n) is 5.98. The SMILES string of the molecule is CCC[O-].CCC[O-].CCC[O-].CCC[O-].[Zn+4]. The minimum Gasteiger partial charge on any atom is -0.854 e. The van der Waals surface area contributed by atoms with Gasteiger partial charge in [0.2, 0.25) is 0 Å². The largest absolute Gasteiger partial charge is 4.00 e. The zero-order chi connectivity index (χ0) is 13.7. The summed E-state index contributed by atoms with van der Waals surface area (Å²) in [6, 6.07) is 0. The quantitative estimate of drug-likeness (QED) is 0.624. The third-order valence-electron chi connectivity index (χ3n) is 0.816. The van der Waals surface area contributed by atoms with E-state index in [9.17, 15) is 20.4 Å². The second kappa shape index (κ2) is 55.0. The zero-order valence-electron chi connectivity index (χ0n) is 12.0. The van der Waals surface area contributed by atoms with Crippen molar-refractivity contribution in [3.63, 3.8) is 0 Å². The summed E-state index contributed by atoms with van der Waals surface area (Å²) in [5.41, 5.74) is 0. The van der Waals surface area contributed by atoms with Crippen molar-refractivity contribution in [3.8, 4) is 0 Å². The molecule has 0 heterocycles. The second-order valence-corrected chi connectivity index (χ2v) is 2.82. The van der Waals surface area contributed by atoms with E-state index in [1.54, 1.807) is 0 Å². The van der Waals surface area contributed by atoms with E-state index in [0.29, 0.717) is 0 Å². The summed E-state index contributed by atoms with van der Waals surface area (Å²) in [6.07, 6.45) is 3.06. The van der Waals surface area contributed by atoms with Crippen molar-refractivity contribution in [2.75, 3.05) is 26.4 Å². The maximum absolute atomic E-state index is 9.30. The molecule has 0 aliphatic carbocycles. The molecule has 0 saturated heterocycles. The first kappa shape index (κ1) is 30.5. The molecule has 0 fully saturated rings. The van der Waals surface area contributed by atoms with Gasteiger partial charge in [0.05, 0.1) is 0 Å². The summed E-state index contributed by atoms with van der Waals surface area (Å²) in [4.78, 5) is 0. The van der Waals surface area contributed by atoms with Gasteiger partial charge in [-0.2, -0.15) is 0 Å². The Kier molecular flexibility index (Phi) is 98.5. The summed E-state index contributed by atoms with van der Waals surface area (Å²) in [5.74, 6) is 0. The van der Waals surface area contributed by atoms with Gasteiger partial charge in [-0.05, 0) is 0 Å². The molecule has 0 amide bonds. The van der Waals surface area contributed by atoms with E-state index in [0.717, 1.165) is 25.7 Å². The molecule has 0 saturated carbocycles. The minimum atomic E-state index is 0. The maximum Gasteiger partial charge on any atom is 4.00 e. The molecule has 0 spiro atoms. The Bertz CT molecular complexity index is 42.5. The van der Waals surface area contributed by atoms with Crippen LogP contribution in [0, 0.1) is 0 Å². The van der Waals surface area contributed by atoms with Crippen molar-refractivity contribution < 1.29 is 39.9 Å². The van der Waals surface area contributed by atoms with Crippen molar-refractivity contribution in [2.24, 2.45) is 0 Å². The molecule has 0 bridgehead atoms. The van der Waals surface area contributed by atoms with Crippen molar-refractivity contribution in [1.29, 1.82) is 0 Å². The number of rotatable bonds is 4. The molecule has 0 atom stereocenters. The predicted octanol–water partition coefficient (Wildman–Crippen LogP) is -0.976. The average Bonchev–Trinajstić information content (AvgIpc) is 2.39. The molecular formula is C12H28O4Zn. The molecule has 0 aromatic rings. The molecule has 102 valence electrons.